The number of rotatable bonds is 5. The number of nitrogens with one attached hydrogen (secondary N) is 1. The average molecular weight is 346 g/mol. The predicted molar refractivity (Wildman–Crippen MR) is 94.9 cm³/mol. The number of aromatic nitrogens is 3. The molecule has 2 heterocycles. The Kier molecular flexibility index (Phi) is 4.26. The summed E-state index contributed by atoms with van der Waals surface area (Å²) in [4.78, 5) is 20.4. The lowest BCUT2D eigenvalue weighted by atomic mass is 10.1. The molecule has 0 aliphatic carbocycles. The van der Waals surface area contributed by atoms with Crippen molar-refractivity contribution in [1.82, 2.24) is 15.1 Å². The number of carbonyl (C=O) groups excluding carboxylic acids is 1. The maximum atomic E-state index is 12.2. The largest absolute Gasteiger partial charge is 0.424 e. The van der Waals surface area contributed by atoms with Gasteiger partial charge in [0.2, 0.25) is 5.91 Å². The lowest BCUT2D eigenvalue weighted by Crippen LogP contribution is -2.15. The third-order valence-electron chi connectivity index (χ3n) is 3.64. The first-order chi connectivity index (χ1) is 12.8. The Morgan fingerprint density at radius 3 is 2.54 bits per heavy atom. The van der Waals surface area contributed by atoms with Gasteiger partial charge in [-0.25, -0.2) is 9.97 Å². The highest BCUT2D eigenvalue weighted by Crippen LogP contribution is 2.19. The molecule has 0 radical (unpaired) electrons. The van der Waals surface area contributed by atoms with Gasteiger partial charge in [-0.05, 0) is 24.3 Å². The quantitative estimate of drug-likeness (QED) is 0.594. The van der Waals surface area contributed by atoms with Crippen molar-refractivity contribution in [3.05, 3.63) is 72.7 Å². The van der Waals surface area contributed by atoms with Gasteiger partial charge >= 0.3 is 6.01 Å². The SMILES string of the molecule is O=C(Cc1noc2ccccc12)Nc1cnc(Oc2ccccc2)nc1. The van der Waals surface area contributed by atoms with Gasteiger partial charge in [-0.1, -0.05) is 35.5 Å². The van der Waals surface area contributed by atoms with Crippen molar-refractivity contribution in [2.45, 2.75) is 6.42 Å². The van der Waals surface area contributed by atoms with Crippen LogP contribution in [0.4, 0.5) is 5.69 Å². The normalized spacial score (nSPS) is 10.6. The summed E-state index contributed by atoms with van der Waals surface area (Å²) < 4.78 is 10.7. The summed E-state index contributed by atoms with van der Waals surface area (Å²) in [5.41, 5.74) is 1.72. The van der Waals surface area contributed by atoms with Crippen molar-refractivity contribution in [2.75, 3.05) is 5.32 Å². The molecule has 0 spiro atoms. The molecule has 4 aromatic rings. The minimum absolute atomic E-state index is 0.0965. The highest BCUT2D eigenvalue weighted by atomic mass is 16.5. The molecule has 1 amide bonds. The topological polar surface area (TPSA) is 90.1 Å². The summed E-state index contributed by atoms with van der Waals surface area (Å²) in [5, 5.41) is 7.51. The minimum atomic E-state index is -0.232. The van der Waals surface area contributed by atoms with E-state index in [-0.39, 0.29) is 18.3 Å². The summed E-state index contributed by atoms with van der Waals surface area (Å²) in [7, 11) is 0. The Hall–Kier alpha value is -3.74. The first-order valence-electron chi connectivity index (χ1n) is 7.96. The lowest BCUT2D eigenvalue weighted by molar-refractivity contribution is -0.115. The number of hydrogen-bond acceptors (Lipinski definition) is 6. The fourth-order valence-corrected chi connectivity index (χ4v) is 2.45. The van der Waals surface area contributed by atoms with Crippen LogP contribution in [-0.4, -0.2) is 21.0 Å². The maximum absolute atomic E-state index is 12.2. The van der Waals surface area contributed by atoms with Crippen LogP contribution in [0, 0.1) is 0 Å². The molecule has 2 aromatic heterocycles. The molecule has 0 aliphatic heterocycles. The third-order valence-corrected chi connectivity index (χ3v) is 3.64. The first-order valence-corrected chi connectivity index (χ1v) is 7.96. The third kappa shape index (κ3) is 3.51. The van der Waals surface area contributed by atoms with Gasteiger partial charge in [-0.3, -0.25) is 4.79 Å². The van der Waals surface area contributed by atoms with E-state index < -0.39 is 0 Å². The number of anilines is 1. The van der Waals surface area contributed by atoms with Gasteiger partial charge in [0.15, 0.2) is 5.58 Å². The number of benzene rings is 2. The smallest absolute Gasteiger partial charge is 0.322 e. The van der Waals surface area contributed by atoms with Gasteiger partial charge in [-0.2, -0.15) is 0 Å². The Morgan fingerprint density at radius 1 is 1.00 bits per heavy atom. The number of nitrogens with zero attached hydrogens (tertiary/aromatic N) is 3. The van der Waals surface area contributed by atoms with E-state index in [0.717, 1.165) is 5.39 Å². The second-order valence-electron chi connectivity index (χ2n) is 5.52. The summed E-state index contributed by atoms with van der Waals surface area (Å²) in [6.45, 7) is 0. The number of carbonyl (C=O) groups is 1. The molecule has 0 fully saturated rings. The molecule has 0 saturated heterocycles. The molecule has 0 saturated carbocycles. The van der Waals surface area contributed by atoms with E-state index in [1.807, 2.05) is 42.5 Å². The fourth-order valence-electron chi connectivity index (χ4n) is 2.45. The van der Waals surface area contributed by atoms with E-state index in [4.69, 9.17) is 9.26 Å². The highest BCUT2D eigenvalue weighted by Gasteiger charge is 2.12. The zero-order valence-electron chi connectivity index (χ0n) is 13.6. The van der Waals surface area contributed by atoms with E-state index in [1.54, 1.807) is 12.1 Å². The van der Waals surface area contributed by atoms with E-state index in [0.29, 0.717) is 22.7 Å². The van der Waals surface area contributed by atoms with Crippen molar-refractivity contribution in [2.24, 2.45) is 0 Å². The van der Waals surface area contributed by atoms with Gasteiger partial charge in [0.05, 0.1) is 24.5 Å². The number of amides is 1. The molecule has 4 rings (SSSR count). The molecule has 26 heavy (non-hydrogen) atoms. The molecular weight excluding hydrogens is 332 g/mol. The van der Waals surface area contributed by atoms with Gasteiger partial charge in [0.1, 0.15) is 11.4 Å². The van der Waals surface area contributed by atoms with Crippen molar-refractivity contribution >= 4 is 22.6 Å². The van der Waals surface area contributed by atoms with E-state index in [9.17, 15) is 4.79 Å². The van der Waals surface area contributed by atoms with E-state index >= 15 is 0 Å². The molecule has 2 aromatic carbocycles. The van der Waals surface area contributed by atoms with E-state index in [1.165, 1.54) is 12.4 Å². The molecule has 128 valence electrons. The zero-order chi connectivity index (χ0) is 17.8. The fraction of sp³-hybridized carbons (Fsp3) is 0.0526. The second-order valence-corrected chi connectivity index (χ2v) is 5.52. The number of para-hydroxylation sites is 2. The van der Waals surface area contributed by atoms with Gasteiger partial charge < -0.3 is 14.6 Å². The van der Waals surface area contributed by atoms with Crippen LogP contribution >= 0.6 is 0 Å². The summed E-state index contributed by atoms with van der Waals surface area (Å²) in [6, 6.07) is 16.8. The lowest BCUT2D eigenvalue weighted by Gasteiger charge is -2.05. The summed E-state index contributed by atoms with van der Waals surface area (Å²) in [5.74, 6) is 0.409. The van der Waals surface area contributed by atoms with Crippen LogP contribution in [0.5, 0.6) is 11.8 Å². The maximum Gasteiger partial charge on any atom is 0.322 e. The molecule has 0 unspecified atom stereocenters. The van der Waals surface area contributed by atoms with Crippen molar-refractivity contribution in [3.63, 3.8) is 0 Å². The Bertz CT molecular complexity index is 1030. The molecule has 0 atom stereocenters. The number of ether oxygens (including phenoxy) is 1. The molecular formula is C19H14N4O3. The van der Waals surface area contributed by atoms with Crippen LogP contribution in [0.3, 0.4) is 0 Å². The van der Waals surface area contributed by atoms with Crippen LogP contribution in [0.15, 0.2) is 71.5 Å². The van der Waals surface area contributed by atoms with Crippen LogP contribution < -0.4 is 10.1 Å². The molecule has 7 heteroatoms. The summed E-state index contributed by atoms with van der Waals surface area (Å²) >= 11 is 0. The van der Waals surface area contributed by atoms with Crippen LogP contribution in [-0.2, 0) is 11.2 Å². The van der Waals surface area contributed by atoms with Crippen molar-refractivity contribution in [3.8, 4) is 11.8 Å². The zero-order valence-corrected chi connectivity index (χ0v) is 13.6. The number of fused-ring (bicyclic) bond motifs is 1. The average Bonchev–Trinajstić information content (AvgIpc) is 3.07. The molecule has 0 bridgehead atoms. The summed E-state index contributed by atoms with van der Waals surface area (Å²) in [6.07, 6.45) is 3.08. The Morgan fingerprint density at radius 2 is 1.73 bits per heavy atom. The van der Waals surface area contributed by atoms with Crippen LogP contribution in [0.2, 0.25) is 0 Å². The number of hydrogen-bond donors (Lipinski definition) is 1. The molecule has 7 nitrogen and oxygen atoms in total. The van der Waals surface area contributed by atoms with Crippen LogP contribution in [0.25, 0.3) is 11.0 Å². The predicted octanol–water partition coefficient (Wildman–Crippen LogP) is 3.59. The van der Waals surface area contributed by atoms with Crippen molar-refractivity contribution < 1.29 is 14.1 Å². The van der Waals surface area contributed by atoms with Gasteiger partial charge in [0, 0.05) is 5.39 Å². The first kappa shape index (κ1) is 15.8. The Balaban J connectivity index is 1.40. The van der Waals surface area contributed by atoms with Gasteiger partial charge in [0.25, 0.3) is 0 Å². The standard InChI is InChI=1S/C19H14N4O3/c24-18(10-16-15-8-4-5-9-17(15)26-23-16)22-13-11-20-19(21-12-13)25-14-6-2-1-3-7-14/h1-9,11-12H,10H2,(H,22,24). The minimum Gasteiger partial charge on any atom is -0.424 e. The molecule has 1 N–H and O–H groups in total. The monoisotopic (exact) mass is 346 g/mol. The van der Waals surface area contributed by atoms with Gasteiger partial charge in [-0.15, -0.1) is 0 Å². The van der Waals surface area contributed by atoms with Crippen LogP contribution in [0.1, 0.15) is 5.69 Å². The van der Waals surface area contributed by atoms with E-state index in [2.05, 4.69) is 20.4 Å². The second kappa shape index (κ2) is 7.02. The Labute approximate surface area is 148 Å². The molecule has 0 aliphatic rings. The highest BCUT2D eigenvalue weighted by molar-refractivity contribution is 5.94. The van der Waals surface area contributed by atoms with Crippen molar-refractivity contribution in [1.29, 1.82) is 0 Å².